The van der Waals surface area contributed by atoms with Crippen LogP contribution in [0.5, 0.6) is 0 Å². The summed E-state index contributed by atoms with van der Waals surface area (Å²) in [5.41, 5.74) is -0.660. The third kappa shape index (κ3) is 2.31. The summed E-state index contributed by atoms with van der Waals surface area (Å²) in [6.45, 7) is 8.00. The zero-order valence-corrected chi connectivity index (χ0v) is 6.37. The number of rotatable bonds is 3. The van der Waals surface area contributed by atoms with Gasteiger partial charge in [0.05, 0.1) is 19.2 Å². The lowest BCUT2D eigenvalue weighted by Gasteiger charge is -2.00. The number of carbonyl (C=O) groups excluding carboxylic acids is 1. The van der Waals surface area contributed by atoms with Crippen LogP contribution in [0.15, 0.2) is 11.5 Å². The quantitative estimate of drug-likeness (QED) is 0.290. The first-order valence-corrected chi connectivity index (χ1v) is 3.05. The Kier molecular flexibility index (Phi) is 3.96. The van der Waals surface area contributed by atoms with Crippen LogP contribution in [0.3, 0.4) is 0 Å². The van der Waals surface area contributed by atoms with Gasteiger partial charge in [0.25, 0.3) is 5.95 Å². The Hall–Kier alpha value is -2.01. The molecule has 1 N–H and O–H groups in total. The van der Waals surface area contributed by atoms with E-state index in [0.29, 0.717) is 0 Å². The number of aliphatic hydroxyl groups is 1. The van der Waals surface area contributed by atoms with E-state index in [4.69, 9.17) is 16.9 Å². The molecular weight excluding hydrogens is 160 g/mol. The fourth-order valence-corrected chi connectivity index (χ4v) is 0.452. The summed E-state index contributed by atoms with van der Waals surface area (Å²) in [4.78, 5) is 13.0. The third-order valence-corrected chi connectivity index (χ3v) is 0.922. The second kappa shape index (κ2) is 4.75. The maximum Gasteiger partial charge on any atom is 0.403 e. The van der Waals surface area contributed by atoms with E-state index < -0.39 is 17.4 Å². The van der Waals surface area contributed by atoms with Crippen LogP contribution in [0.1, 0.15) is 6.92 Å². The molecule has 0 aliphatic heterocycles. The van der Waals surface area contributed by atoms with E-state index in [1.54, 1.807) is 6.92 Å². The number of carbonyl (C=O) groups is 1. The molecule has 0 unspecified atom stereocenters. The van der Waals surface area contributed by atoms with Crippen molar-refractivity contribution >= 4 is 5.91 Å². The summed E-state index contributed by atoms with van der Waals surface area (Å²) in [5.74, 6) is -1.91. The fourth-order valence-electron chi connectivity index (χ4n) is 0.452. The van der Waals surface area contributed by atoms with E-state index >= 15 is 0 Å². The number of hydrogen-bond donors (Lipinski definition) is 1. The van der Waals surface area contributed by atoms with Gasteiger partial charge in [-0.15, -0.1) is 0 Å². The monoisotopic (exact) mass is 166 g/mol. The second-order valence-electron chi connectivity index (χ2n) is 1.64. The van der Waals surface area contributed by atoms with Crippen LogP contribution in [0, 0.1) is 17.9 Å². The Morgan fingerprint density at radius 3 is 2.75 bits per heavy atom. The number of nitrogens with zero attached hydrogens (tertiary/aromatic N) is 2. The third-order valence-electron chi connectivity index (χ3n) is 0.922. The predicted octanol–water partition coefficient (Wildman–Crippen LogP) is 0.762. The molecule has 0 saturated carbocycles. The number of ether oxygens (including phenoxy) is 1. The molecule has 62 valence electrons. The lowest BCUT2D eigenvalue weighted by Crippen LogP contribution is -2.02. The smallest absolute Gasteiger partial charge is 0.403 e. The average Bonchev–Trinajstić information content (AvgIpc) is 2.06. The summed E-state index contributed by atoms with van der Waals surface area (Å²) in [5, 5.41) is 17.2. The van der Waals surface area contributed by atoms with Crippen molar-refractivity contribution in [1.29, 1.82) is 5.26 Å². The van der Waals surface area contributed by atoms with Gasteiger partial charge in [0.1, 0.15) is 0 Å². The minimum absolute atomic E-state index is 0.127. The van der Waals surface area contributed by atoms with Gasteiger partial charge in [0.15, 0.2) is 5.57 Å². The number of aliphatic hydroxyl groups excluding tert-OH is 1. The molecule has 0 aromatic heterocycles. The Morgan fingerprint density at radius 2 is 2.42 bits per heavy atom. The lowest BCUT2D eigenvalue weighted by molar-refractivity contribution is -0.111. The highest BCUT2D eigenvalue weighted by atomic mass is 16.6. The summed E-state index contributed by atoms with van der Waals surface area (Å²) >= 11 is 0. The molecule has 1 amide bonds. The molecule has 0 bridgehead atoms. The van der Waals surface area contributed by atoms with Crippen molar-refractivity contribution < 1.29 is 14.6 Å². The Balaban J connectivity index is 4.79. The molecule has 0 radical (unpaired) electrons. The fraction of sp³-hybridized carbons (Fsp3) is 0.286. The van der Waals surface area contributed by atoms with E-state index in [1.807, 2.05) is 0 Å². The Morgan fingerprint density at radius 1 is 1.83 bits per heavy atom. The van der Waals surface area contributed by atoms with Crippen molar-refractivity contribution in [2.24, 2.45) is 0 Å². The van der Waals surface area contributed by atoms with Crippen molar-refractivity contribution in [3.8, 4) is 6.07 Å². The Bertz CT molecular complexity index is 293. The van der Waals surface area contributed by atoms with Crippen LogP contribution in [-0.2, 0) is 9.53 Å². The largest absolute Gasteiger partial charge is 0.481 e. The van der Waals surface area contributed by atoms with Crippen LogP contribution >= 0.6 is 0 Å². The van der Waals surface area contributed by atoms with E-state index in [0.717, 1.165) is 0 Å². The minimum atomic E-state index is -1.12. The molecular formula is C7H6N2O3. The molecule has 0 fully saturated rings. The summed E-state index contributed by atoms with van der Waals surface area (Å²) in [7, 11) is 0. The van der Waals surface area contributed by atoms with E-state index in [-0.39, 0.29) is 6.61 Å². The van der Waals surface area contributed by atoms with E-state index in [2.05, 4.69) is 9.58 Å². The highest BCUT2D eigenvalue weighted by Crippen LogP contribution is 2.03. The summed E-state index contributed by atoms with van der Waals surface area (Å²) < 4.78 is 4.47. The van der Waals surface area contributed by atoms with E-state index in [1.165, 1.54) is 6.07 Å². The normalized spacial score (nSPS) is 10.6. The van der Waals surface area contributed by atoms with Crippen molar-refractivity contribution in [1.82, 2.24) is 0 Å². The van der Waals surface area contributed by atoms with E-state index in [9.17, 15) is 4.79 Å². The maximum atomic E-state index is 10.6. The molecule has 0 heterocycles. The zero-order valence-electron chi connectivity index (χ0n) is 6.37. The topological polar surface area (TPSA) is 74.7 Å². The average molecular weight is 166 g/mol. The van der Waals surface area contributed by atoms with Gasteiger partial charge in [-0.1, -0.05) is 0 Å². The molecule has 0 aromatic carbocycles. The molecule has 0 rings (SSSR count). The molecule has 0 aliphatic carbocycles. The van der Waals surface area contributed by atoms with Gasteiger partial charge >= 0.3 is 5.91 Å². The first kappa shape index (κ1) is 9.99. The zero-order chi connectivity index (χ0) is 9.56. The predicted molar refractivity (Wildman–Crippen MR) is 38.5 cm³/mol. The number of hydrogen-bond acceptors (Lipinski definition) is 4. The molecule has 0 spiro atoms. The van der Waals surface area contributed by atoms with Gasteiger partial charge in [-0.05, 0) is 6.92 Å². The molecule has 0 aromatic rings. The lowest BCUT2D eigenvalue weighted by atomic mass is 10.3. The van der Waals surface area contributed by atoms with Gasteiger partial charge in [0.2, 0.25) is 0 Å². The van der Waals surface area contributed by atoms with Gasteiger partial charge in [0, 0.05) is 0 Å². The van der Waals surface area contributed by atoms with Crippen LogP contribution in [0.4, 0.5) is 0 Å². The van der Waals surface area contributed by atoms with Crippen LogP contribution in [0.25, 0.3) is 4.85 Å². The van der Waals surface area contributed by atoms with Crippen LogP contribution < -0.4 is 0 Å². The van der Waals surface area contributed by atoms with Crippen molar-refractivity contribution in [2.75, 3.05) is 6.61 Å². The van der Waals surface area contributed by atoms with Crippen LogP contribution in [0.2, 0.25) is 0 Å². The molecule has 0 saturated heterocycles. The maximum absolute atomic E-state index is 10.6. The van der Waals surface area contributed by atoms with Crippen LogP contribution in [-0.4, -0.2) is 17.6 Å². The van der Waals surface area contributed by atoms with Gasteiger partial charge in [-0.2, -0.15) is 10.1 Å². The van der Waals surface area contributed by atoms with Crippen molar-refractivity contribution in [3.63, 3.8) is 0 Å². The first-order valence-electron chi connectivity index (χ1n) is 3.05. The SMILES string of the molecule is [C-]#[N+]C(=O)C(C#N)=C(O)OCC. The van der Waals surface area contributed by atoms with Gasteiger partial charge < -0.3 is 14.6 Å². The highest BCUT2D eigenvalue weighted by molar-refractivity contribution is 6.04. The summed E-state index contributed by atoms with van der Waals surface area (Å²) in [6, 6.07) is 1.38. The number of nitriles is 1. The minimum Gasteiger partial charge on any atom is -0.481 e. The molecule has 12 heavy (non-hydrogen) atoms. The highest BCUT2D eigenvalue weighted by Gasteiger charge is 2.15. The Labute approximate surface area is 69.3 Å². The first-order chi connectivity index (χ1) is 5.67. The molecule has 5 nitrogen and oxygen atoms in total. The number of amides is 1. The van der Waals surface area contributed by atoms with Crippen molar-refractivity contribution in [2.45, 2.75) is 6.92 Å². The van der Waals surface area contributed by atoms with Crippen molar-refractivity contribution in [3.05, 3.63) is 22.9 Å². The van der Waals surface area contributed by atoms with Gasteiger partial charge in [-0.3, -0.25) is 0 Å². The molecule has 5 heteroatoms. The molecule has 0 aliphatic rings. The van der Waals surface area contributed by atoms with Gasteiger partial charge in [-0.25, -0.2) is 0 Å². The molecule has 0 atom stereocenters. The second-order valence-corrected chi connectivity index (χ2v) is 1.64. The summed E-state index contributed by atoms with van der Waals surface area (Å²) in [6.07, 6.45) is 0. The standard InChI is InChI=1S/C7H6N2O3/c1-3-12-7(11)5(4-8)6(10)9-2/h11H,3H2,1H3.